The third-order valence-electron chi connectivity index (χ3n) is 8.05. The highest BCUT2D eigenvalue weighted by Gasteiger charge is 2.38. The quantitative estimate of drug-likeness (QED) is 0.201. The van der Waals surface area contributed by atoms with Gasteiger partial charge in [-0.1, -0.05) is 54.5 Å². The first-order chi connectivity index (χ1) is 17.4. The molecular formula is C30H48O5SSi2. The number of hydrogen-bond acceptors (Lipinski definition) is 5. The first kappa shape index (κ1) is 32.5. The second kappa shape index (κ2) is 12.6. The van der Waals surface area contributed by atoms with Crippen LogP contribution < -0.4 is 4.74 Å². The van der Waals surface area contributed by atoms with Crippen molar-refractivity contribution >= 4 is 39.5 Å². The zero-order valence-electron chi connectivity index (χ0n) is 25.3. The zero-order chi connectivity index (χ0) is 28.9. The molecule has 1 N–H and O–H groups in total. The van der Waals surface area contributed by atoms with E-state index in [0.29, 0.717) is 26.2 Å². The van der Waals surface area contributed by atoms with E-state index in [2.05, 4.69) is 79.9 Å². The fraction of sp³-hybridized carbons (Fsp3) is 0.567. The minimum Gasteiger partial charge on any atom is -0.488 e. The van der Waals surface area contributed by atoms with E-state index in [0.717, 1.165) is 32.9 Å². The first-order valence-electron chi connectivity index (χ1n) is 13.4. The summed E-state index contributed by atoms with van der Waals surface area (Å²) < 4.78 is 19.4. The number of allylic oxidation sites excluding steroid dienone is 1. The molecule has 1 aromatic heterocycles. The Bertz CT molecular complexity index is 1120. The van der Waals surface area contributed by atoms with Crippen LogP contribution in [0.25, 0.3) is 5.57 Å². The van der Waals surface area contributed by atoms with E-state index < -0.39 is 22.6 Å². The summed E-state index contributed by atoms with van der Waals surface area (Å²) in [5.41, 5.74) is 4.01. The van der Waals surface area contributed by atoms with Gasteiger partial charge in [0.2, 0.25) is 0 Å². The largest absolute Gasteiger partial charge is 0.488 e. The standard InChI is InChI=1S/C30H48O5SSi2/c1-12-22(17-28(31)32)25-16-27(36-21-25)20-33-26-14-13-23(18-34-37(8,9)29(2,3)4)24(15-26)19-35-38(10,11)30(5,6)7/h13-17,21H,12,18-20H2,1-11H3,(H,31,32). The van der Waals surface area contributed by atoms with Crippen molar-refractivity contribution in [1.82, 2.24) is 0 Å². The van der Waals surface area contributed by atoms with Gasteiger partial charge in [0.15, 0.2) is 16.6 Å². The number of aliphatic carboxylic acids is 1. The molecule has 38 heavy (non-hydrogen) atoms. The lowest BCUT2D eigenvalue weighted by Crippen LogP contribution is -2.41. The fourth-order valence-electron chi connectivity index (χ4n) is 3.23. The average molecular weight is 577 g/mol. The van der Waals surface area contributed by atoms with Gasteiger partial charge in [0, 0.05) is 11.0 Å². The van der Waals surface area contributed by atoms with Crippen LogP contribution in [0, 0.1) is 0 Å². The second-order valence-electron chi connectivity index (χ2n) is 13.0. The molecule has 1 heterocycles. The van der Waals surface area contributed by atoms with Gasteiger partial charge < -0.3 is 18.7 Å². The molecule has 0 unspecified atom stereocenters. The van der Waals surface area contributed by atoms with Crippen molar-refractivity contribution < 1.29 is 23.5 Å². The van der Waals surface area contributed by atoms with Crippen molar-refractivity contribution in [2.75, 3.05) is 0 Å². The molecule has 2 rings (SSSR count). The maximum atomic E-state index is 11.1. The molecule has 0 aliphatic heterocycles. The van der Waals surface area contributed by atoms with Gasteiger partial charge in [0.05, 0.1) is 13.2 Å². The summed E-state index contributed by atoms with van der Waals surface area (Å²) in [6.45, 7) is 26.1. The number of carbonyl (C=O) groups is 1. The Morgan fingerprint density at radius 1 is 0.895 bits per heavy atom. The molecule has 1 aromatic carbocycles. The lowest BCUT2D eigenvalue weighted by atomic mass is 10.1. The van der Waals surface area contributed by atoms with E-state index in [-0.39, 0.29) is 10.1 Å². The normalized spacial score (nSPS) is 13.6. The summed E-state index contributed by atoms with van der Waals surface area (Å²) in [6.07, 6.45) is 1.95. The molecule has 5 nitrogen and oxygen atoms in total. The highest BCUT2D eigenvalue weighted by molar-refractivity contribution is 7.10. The summed E-state index contributed by atoms with van der Waals surface area (Å²) in [5, 5.41) is 11.4. The summed E-state index contributed by atoms with van der Waals surface area (Å²) in [4.78, 5) is 12.2. The molecule has 0 atom stereocenters. The predicted molar refractivity (Wildman–Crippen MR) is 165 cm³/mol. The van der Waals surface area contributed by atoms with Crippen molar-refractivity contribution in [3.05, 3.63) is 57.3 Å². The Hall–Kier alpha value is -1.72. The number of rotatable bonds is 12. The van der Waals surface area contributed by atoms with Crippen LogP contribution in [0.3, 0.4) is 0 Å². The molecule has 0 spiro atoms. The van der Waals surface area contributed by atoms with Crippen LogP contribution in [0.4, 0.5) is 0 Å². The number of benzene rings is 1. The van der Waals surface area contributed by atoms with Crippen LogP contribution in [0.5, 0.6) is 5.75 Å². The molecule has 2 aromatic rings. The van der Waals surface area contributed by atoms with Crippen LogP contribution in [-0.2, 0) is 33.5 Å². The summed E-state index contributed by atoms with van der Waals surface area (Å²) >= 11 is 1.58. The monoisotopic (exact) mass is 576 g/mol. The number of thiophene rings is 1. The topological polar surface area (TPSA) is 65.0 Å². The summed E-state index contributed by atoms with van der Waals surface area (Å²) in [6, 6.07) is 8.23. The number of hydrogen-bond donors (Lipinski definition) is 1. The molecule has 0 aliphatic carbocycles. The van der Waals surface area contributed by atoms with E-state index >= 15 is 0 Å². The van der Waals surface area contributed by atoms with Gasteiger partial charge >= 0.3 is 5.97 Å². The minimum absolute atomic E-state index is 0.127. The SMILES string of the molecule is CCC(=CC(=O)O)c1csc(COc2ccc(CO[Si](C)(C)C(C)(C)C)c(CO[Si](C)(C)C(C)(C)C)c2)c1. The number of carboxylic acid groups (broad SMARTS) is 1. The molecular weight excluding hydrogens is 529 g/mol. The summed E-state index contributed by atoms with van der Waals surface area (Å²) in [5.74, 6) is -0.127. The smallest absolute Gasteiger partial charge is 0.328 e. The highest BCUT2D eigenvalue weighted by Crippen LogP contribution is 2.39. The highest BCUT2D eigenvalue weighted by atomic mass is 32.1. The van der Waals surface area contributed by atoms with Crippen molar-refractivity contribution in [2.24, 2.45) is 0 Å². The molecule has 212 valence electrons. The van der Waals surface area contributed by atoms with Crippen molar-refractivity contribution in [2.45, 2.75) is 111 Å². The maximum absolute atomic E-state index is 11.1. The van der Waals surface area contributed by atoms with Gasteiger partial charge in [-0.2, -0.15) is 0 Å². The van der Waals surface area contributed by atoms with Crippen LogP contribution in [-0.4, -0.2) is 27.7 Å². The Balaban J connectivity index is 2.25. The zero-order valence-corrected chi connectivity index (χ0v) is 28.1. The van der Waals surface area contributed by atoms with Crippen LogP contribution in [0.2, 0.25) is 36.3 Å². The minimum atomic E-state index is -1.93. The first-order valence-corrected chi connectivity index (χ1v) is 20.1. The maximum Gasteiger partial charge on any atom is 0.328 e. The van der Waals surface area contributed by atoms with E-state index in [4.69, 9.17) is 18.7 Å². The lowest BCUT2D eigenvalue weighted by Gasteiger charge is -2.37. The van der Waals surface area contributed by atoms with E-state index in [1.807, 2.05) is 24.4 Å². The lowest BCUT2D eigenvalue weighted by molar-refractivity contribution is -0.131. The van der Waals surface area contributed by atoms with E-state index in [1.165, 1.54) is 6.08 Å². The van der Waals surface area contributed by atoms with Gasteiger partial charge in [-0.05, 0) is 88.5 Å². The predicted octanol–water partition coefficient (Wildman–Crippen LogP) is 9.25. The Kier molecular flexibility index (Phi) is 10.8. The van der Waals surface area contributed by atoms with Gasteiger partial charge in [0.1, 0.15) is 12.4 Å². The molecule has 0 aliphatic rings. The second-order valence-corrected chi connectivity index (χ2v) is 23.6. The number of ether oxygens (including phenoxy) is 1. The molecule has 0 amide bonds. The molecule has 8 heteroatoms. The van der Waals surface area contributed by atoms with Crippen molar-refractivity contribution in [1.29, 1.82) is 0 Å². The Morgan fingerprint density at radius 2 is 1.45 bits per heavy atom. The summed E-state index contributed by atoms with van der Waals surface area (Å²) in [7, 11) is -3.83. The molecule has 0 saturated carbocycles. The van der Waals surface area contributed by atoms with Crippen LogP contribution >= 0.6 is 11.3 Å². The van der Waals surface area contributed by atoms with Crippen molar-refractivity contribution in [3.8, 4) is 5.75 Å². The van der Waals surface area contributed by atoms with Gasteiger partial charge in [-0.15, -0.1) is 11.3 Å². The molecule has 0 bridgehead atoms. The van der Waals surface area contributed by atoms with E-state index in [9.17, 15) is 4.79 Å². The fourth-order valence-corrected chi connectivity index (χ4v) is 5.95. The number of carboxylic acids is 1. The third kappa shape index (κ3) is 8.91. The van der Waals surface area contributed by atoms with Crippen molar-refractivity contribution in [3.63, 3.8) is 0 Å². The molecule has 0 saturated heterocycles. The molecule has 0 fully saturated rings. The third-order valence-corrected chi connectivity index (χ3v) is 17.9. The van der Waals surface area contributed by atoms with Gasteiger partial charge in [-0.25, -0.2) is 4.79 Å². The molecule has 0 radical (unpaired) electrons. The average Bonchev–Trinajstić information content (AvgIpc) is 3.26. The van der Waals surface area contributed by atoms with Gasteiger partial charge in [0.25, 0.3) is 0 Å². The van der Waals surface area contributed by atoms with Crippen LogP contribution in [0.1, 0.15) is 76.5 Å². The Morgan fingerprint density at radius 3 is 1.95 bits per heavy atom. The Labute approximate surface area is 236 Å². The van der Waals surface area contributed by atoms with Gasteiger partial charge in [-0.3, -0.25) is 0 Å². The van der Waals surface area contributed by atoms with Crippen LogP contribution in [0.15, 0.2) is 35.7 Å². The van der Waals surface area contributed by atoms with E-state index in [1.54, 1.807) is 11.3 Å².